The van der Waals surface area contributed by atoms with Crippen LogP contribution in [0.3, 0.4) is 0 Å². The van der Waals surface area contributed by atoms with Crippen LogP contribution in [-0.2, 0) is 6.42 Å². The molecule has 1 aliphatic rings. The quantitative estimate of drug-likeness (QED) is 0.810. The predicted octanol–water partition coefficient (Wildman–Crippen LogP) is 4.24. The zero-order valence-corrected chi connectivity index (χ0v) is 10.9. The van der Waals surface area contributed by atoms with Gasteiger partial charge in [-0.3, -0.25) is 0 Å². The molecule has 2 nitrogen and oxygen atoms in total. The van der Waals surface area contributed by atoms with Crippen molar-refractivity contribution in [3.8, 4) is 0 Å². The molecule has 0 saturated heterocycles. The normalized spacial score (nSPS) is 16.4. The molecular formula is C12H10BrF3N2. The molecule has 0 radical (unpaired) electrons. The minimum absolute atomic E-state index is 0.118. The molecule has 18 heavy (non-hydrogen) atoms. The number of alkyl halides is 3. The standard InChI is InChI=1S/C12H10BrF3N2/c13-8-2-1-3-9-11(8)17-10(6-12(14,15)16)18(9)7-4-5-7/h1-3,7H,4-6H2. The van der Waals surface area contributed by atoms with E-state index in [0.717, 1.165) is 22.8 Å². The van der Waals surface area contributed by atoms with E-state index in [1.165, 1.54) is 0 Å². The van der Waals surface area contributed by atoms with Gasteiger partial charge in [0.2, 0.25) is 0 Å². The van der Waals surface area contributed by atoms with E-state index in [1.54, 1.807) is 10.6 Å². The van der Waals surface area contributed by atoms with Gasteiger partial charge in [-0.15, -0.1) is 0 Å². The molecule has 6 heteroatoms. The lowest BCUT2D eigenvalue weighted by molar-refractivity contribution is -0.128. The number of imidazole rings is 1. The Kier molecular flexibility index (Phi) is 2.66. The summed E-state index contributed by atoms with van der Waals surface area (Å²) in [5, 5.41) is 0. The SMILES string of the molecule is FC(F)(F)Cc1nc2c(Br)cccc2n1C1CC1. The van der Waals surface area contributed by atoms with E-state index >= 15 is 0 Å². The van der Waals surface area contributed by atoms with E-state index < -0.39 is 12.6 Å². The van der Waals surface area contributed by atoms with Crippen LogP contribution >= 0.6 is 15.9 Å². The average Bonchev–Trinajstić information content (AvgIpc) is 3.00. The highest BCUT2D eigenvalue weighted by molar-refractivity contribution is 9.10. The third-order valence-electron chi connectivity index (χ3n) is 3.01. The van der Waals surface area contributed by atoms with Crippen molar-refractivity contribution in [2.45, 2.75) is 31.5 Å². The van der Waals surface area contributed by atoms with Gasteiger partial charge in [-0.05, 0) is 40.9 Å². The summed E-state index contributed by atoms with van der Waals surface area (Å²) in [6.45, 7) is 0. The number of fused-ring (bicyclic) bond motifs is 1. The number of hydrogen-bond acceptors (Lipinski definition) is 1. The molecule has 96 valence electrons. The zero-order valence-electron chi connectivity index (χ0n) is 9.34. The van der Waals surface area contributed by atoms with Gasteiger partial charge in [0, 0.05) is 10.5 Å². The van der Waals surface area contributed by atoms with Crippen LogP contribution in [0.2, 0.25) is 0 Å². The van der Waals surface area contributed by atoms with E-state index in [9.17, 15) is 13.2 Å². The Balaban J connectivity index is 2.18. The number of benzene rings is 1. The molecule has 0 amide bonds. The van der Waals surface area contributed by atoms with Gasteiger partial charge in [-0.2, -0.15) is 13.2 Å². The van der Waals surface area contributed by atoms with Crippen molar-refractivity contribution < 1.29 is 13.2 Å². The lowest BCUT2D eigenvalue weighted by atomic mass is 10.3. The van der Waals surface area contributed by atoms with Crippen molar-refractivity contribution in [1.29, 1.82) is 0 Å². The molecule has 0 spiro atoms. The minimum Gasteiger partial charge on any atom is -0.325 e. The smallest absolute Gasteiger partial charge is 0.325 e. The average molecular weight is 319 g/mol. The Bertz CT molecular complexity index is 599. The van der Waals surface area contributed by atoms with Gasteiger partial charge in [0.15, 0.2) is 0 Å². The van der Waals surface area contributed by atoms with Crippen LogP contribution in [-0.4, -0.2) is 15.7 Å². The third kappa shape index (κ3) is 2.13. The number of nitrogens with zero attached hydrogens (tertiary/aromatic N) is 2. The second-order valence-electron chi connectivity index (χ2n) is 4.53. The van der Waals surface area contributed by atoms with Crippen LogP contribution in [0, 0.1) is 0 Å². The monoisotopic (exact) mass is 318 g/mol. The molecule has 1 fully saturated rings. The van der Waals surface area contributed by atoms with E-state index in [0.29, 0.717) is 5.52 Å². The maximum atomic E-state index is 12.6. The van der Waals surface area contributed by atoms with Crippen LogP contribution < -0.4 is 0 Å². The van der Waals surface area contributed by atoms with Crippen LogP contribution in [0.1, 0.15) is 24.7 Å². The summed E-state index contributed by atoms with van der Waals surface area (Å²) in [7, 11) is 0. The van der Waals surface area contributed by atoms with Gasteiger partial charge < -0.3 is 4.57 Å². The summed E-state index contributed by atoms with van der Waals surface area (Å²) in [6.07, 6.45) is -3.32. The van der Waals surface area contributed by atoms with Crippen LogP contribution in [0.25, 0.3) is 11.0 Å². The van der Waals surface area contributed by atoms with Crippen molar-refractivity contribution in [3.05, 3.63) is 28.5 Å². The maximum absolute atomic E-state index is 12.6. The molecule has 3 rings (SSSR count). The summed E-state index contributed by atoms with van der Waals surface area (Å²) in [5.41, 5.74) is 1.40. The van der Waals surface area contributed by atoms with Crippen molar-refractivity contribution in [2.75, 3.05) is 0 Å². The second-order valence-corrected chi connectivity index (χ2v) is 5.38. The predicted molar refractivity (Wildman–Crippen MR) is 65.5 cm³/mol. The lowest BCUT2D eigenvalue weighted by Gasteiger charge is -2.09. The highest BCUT2D eigenvalue weighted by atomic mass is 79.9. The fourth-order valence-corrected chi connectivity index (χ4v) is 2.62. The summed E-state index contributed by atoms with van der Waals surface area (Å²) in [6, 6.07) is 5.63. The Morgan fingerprint density at radius 3 is 2.67 bits per heavy atom. The summed E-state index contributed by atoms with van der Waals surface area (Å²) in [4.78, 5) is 4.15. The first-order valence-electron chi connectivity index (χ1n) is 5.68. The molecule has 1 aromatic heterocycles. The van der Waals surface area contributed by atoms with E-state index in [1.807, 2.05) is 12.1 Å². The van der Waals surface area contributed by atoms with Crippen LogP contribution in [0.5, 0.6) is 0 Å². The number of hydrogen-bond donors (Lipinski definition) is 0. The van der Waals surface area contributed by atoms with Gasteiger partial charge in [0.1, 0.15) is 17.8 Å². The summed E-state index contributed by atoms with van der Waals surface area (Å²) < 4.78 is 40.2. The highest BCUT2D eigenvalue weighted by Crippen LogP contribution is 2.40. The number of rotatable bonds is 2. The molecule has 1 heterocycles. The molecule has 1 saturated carbocycles. The molecule has 0 bridgehead atoms. The van der Waals surface area contributed by atoms with Crippen molar-refractivity contribution in [3.63, 3.8) is 0 Å². The topological polar surface area (TPSA) is 17.8 Å². The van der Waals surface area contributed by atoms with E-state index in [-0.39, 0.29) is 11.9 Å². The molecule has 0 aliphatic heterocycles. The second kappa shape index (κ2) is 3.98. The molecule has 2 aromatic rings. The number of aromatic nitrogens is 2. The molecule has 0 N–H and O–H groups in total. The Hall–Kier alpha value is -1.04. The first-order valence-corrected chi connectivity index (χ1v) is 6.47. The third-order valence-corrected chi connectivity index (χ3v) is 3.65. The molecule has 1 aromatic carbocycles. The van der Waals surface area contributed by atoms with Crippen molar-refractivity contribution in [1.82, 2.24) is 9.55 Å². The Morgan fingerprint density at radius 1 is 1.33 bits per heavy atom. The molecular weight excluding hydrogens is 309 g/mol. The summed E-state index contributed by atoms with van der Waals surface area (Å²) >= 11 is 3.34. The summed E-state index contributed by atoms with van der Waals surface area (Å²) in [5.74, 6) is 0.118. The van der Waals surface area contributed by atoms with E-state index in [4.69, 9.17) is 0 Å². The fourth-order valence-electron chi connectivity index (χ4n) is 2.18. The first-order chi connectivity index (χ1) is 8.46. The molecule has 1 aliphatic carbocycles. The lowest BCUT2D eigenvalue weighted by Crippen LogP contribution is -2.16. The van der Waals surface area contributed by atoms with Crippen molar-refractivity contribution in [2.24, 2.45) is 0 Å². The zero-order chi connectivity index (χ0) is 12.9. The number of halogens is 4. The number of para-hydroxylation sites is 1. The largest absolute Gasteiger partial charge is 0.396 e. The minimum atomic E-state index is -4.22. The van der Waals surface area contributed by atoms with Gasteiger partial charge in [0.05, 0.1) is 5.52 Å². The molecule has 0 unspecified atom stereocenters. The van der Waals surface area contributed by atoms with Crippen LogP contribution in [0.15, 0.2) is 22.7 Å². The molecule has 0 atom stereocenters. The Labute approximate surface area is 110 Å². The van der Waals surface area contributed by atoms with Crippen molar-refractivity contribution >= 4 is 27.0 Å². The van der Waals surface area contributed by atoms with Gasteiger partial charge in [0.25, 0.3) is 0 Å². The van der Waals surface area contributed by atoms with Crippen LogP contribution in [0.4, 0.5) is 13.2 Å². The fraction of sp³-hybridized carbons (Fsp3) is 0.417. The Morgan fingerprint density at radius 2 is 2.06 bits per heavy atom. The first kappa shape index (κ1) is 12.0. The maximum Gasteiger partial charge on any atom is 0.396 e. The van der Waals surface area contributed by atoms with Gasteiger partial charge >= 0.3 is 6.18 Å². The van der Waals surface area contributed by atoms with Gasteiger partial charge in [-0.25, -0.2) is 4.98 Å². The highest BCUT2D eigenvalue weighted by Gasteiger charge is 2.35. The van der Waals surface area contributed by atoms with E-state index in [2.05, 4.69) is 20.9 Å². The van der Waals surface area contributed by atoms with Gasteiger partial charge in [-0.1, -0.05) is 6.07 Å².